The average Bonchev–Trinajstić information content (AvgIpc) is 2.86. The van der Waals surface area contributed by atoms with Gasteiger partial charge < -0.3 is 5.32 Å². The van der Waals surface area contributed by atoms with E-state index in [-0.39, 0.29) is 11.4 Å². The number of nitrogens with one attached hydrogen (secondary N) is 1. The Morgan fingerprint density at radius 1 is 1.18 bits per heavy atom. The molecule has 0 radical (unpaired) electrons. The van der Waals surface area contributed by atoms with E-state index in [0.717, 1.165) is 41.9 Å². The first kappa shape index (κ1) is 18.2. The van der Waals surface area contributed by atoms with Gasteiger partial charge in [-0.05, 0) is 37.0 Å². The normalized spacial score (nSPS) is 13.4. The van der Waals surface area contributed by atoms with E-state index < -0.39 is 17.8 Å². The van der Waals surface area contributed by atoms with Crippen LogP contribution in [0.15, 0.2) is 42.6 Å². The second-order valence-corrected chi connectivity index (χ2v) is 6.69. The average molecular weight is 386 g/mol. The van der Waals surface area contributed by atoms with Gasteiger partial charge >= 0.3 is 6.18 Å². The van der Waals surface area contributed by atoms with Crippen LogP contribution in [-0.2, 0) is 26.1 Å². The molecule has 1 amide bonds. The number of amides is 1. The number of anilines is 1. The predicted molar refractivity (Wildman–Crippen MR) is 97.9 cm³/mol. The number of pyridine rings is 1. The number of hydrogen-bond acceptors (Lipinski definition) is 3. The summed E-state index contributed by atoms with van der Waals surface area (Å²) in [5.74, 6) is -0.532. The number of rotatable bonds is 2. The molecule has 5 nitrogen and oxygen atoms in total. The van der Waals surface area contributed by atoms with Crippen molar-refractivity contribution in [3.63, 3.8) is 0 Å². The van der Waals surface area contributed by atoms with E-state index in [1.165, 1.54) is 11.6 Å². The second-order valence-electron chi connectivity index (χ2n) is 6.69. The van der Waals surface area contributed by atoms with Gasteiger partial charge in [0, 0.05) is 30.1 Å². The van der Waals surface area contributed by atoms with Crippen LogP contribution in [0.4, 0.5) is 18.9 Å². The summed E-state index contributed by atoms with van der Waals surface area (Å²) in [5, 5.41) is 6.89. The lowest BCUT2D eigenvalue weighted by atomic mass is 10.0. The van der Waals surface area contributed by atoms with E-state index >= 15 is 0 Å². The lowest BCUT2D eigenvalue weighted by Gasteiger charge is -2.09. The SMILES string of the molecule is Cn1nc(C(=O)Nc2ccnc(C(F)(F)F)c2)c2c1-c1ccccc1CCC2. The minimum absolute atomic E-state index is 0.0285. The highest BCUT2D eigenvalue weighted by Gasteiger charge is 2.33. The molecule has 0 saturated carbocycles. The van der Waals surface area contributed by atoms with E-state index in [2.05, 4.69) is 21.5 Å². The number of carbonyl (C=O) groups excluding carboxylic acids is 1. The first-order valence-corrected chi connectivity index (χ1v) is 8.83. The van der Waals surface area contributed by atoms with E-state index in [1.807, 2.05) is 18.2 Å². The lowest BCUT2D eigenvalue weighted by Crippen LogP contribution is -2.16. The first-order chi connectivity index (χ1) is 13.3. The number of benzene rings is 1. The highest BCUT2D eigenvalue weighted by molar-refractivity contribution is 6.05. The van der Waals surface area contributed by atoms with E-state index in [1.54, 1.807) is 11.7 Å². The van der Waals surface area contributed by atoms with Crippen molar-refractivity contribution in [1.29, 1.82) is 0 Å². The van der Waals surface area contributed by atoms with Crippen molar-refractivity contribution in [3.8, 4) is 11.3 Å². The van der Waals surface area contributed by atoms with Crippen LogP contribution >= 0.6 is 0 Å². The van der Waals surface area contributed by atoms with Crippen molar-refractivity contribution >= 4 is 11.6 Å². The Hall–Kier alpha value is -3.16. The van der Waals surface area contributed by atoms with Gasteiger partial charge in [0.15, 0.2) is 5.69 Å². The van der Waals surface area contributed by atoms with Gasteiger partial charge in [-0.15, -0.1) is 0 Å². The number of aromatic nitrogens is 3. The smallest absolute Gasteiger partial charge is 0.320 e. The Labute approximate surface area is 159 Å². The summed E-state index contributed by atoms with van der Waals surface area (Å²) in [6.07, 6.45) is -1.13. The monoisotopic (exact) mass is 386 g/mol. The molecule has 0 atom stereocenters. The number of aryl methyl sites for hydroxylation is 2. The Bertz CT molecular complexity index is 1060. The summed E-state index contributed by atoms with van der Waals surface area (Å²) < 4.78 is 40.2. The number of hydrogen-bond donors (Lipinski definition) is 1. The summed E-state index contributed by atoms with van der Waals surface area (Å²) in [6.45, 7) is 0. The van der Waals surface area contributed by atoms with E-state index in [4.69, 9.17) is 0 Å². The molecular weight excluding hydrogens is 369 g/mol. The molecule has 0 spiro atoms. The number of nitrogens with zero attached hydrogens (tertiary/aromatic N) is 3. The fourth-order valence-corrected chi connectivity index (χ4v) is 3.60. The maximum absolute atomic E-state index is 12.9. The maximum Gasteiger partial charge on any atom is 0.433 e. The quantitative estimate of drug-likeness (QED) is 0.717. The number of fused-ring (bicyclic) bond motifs is 3. The number of carbonyl (C=O) groups is 1. The van der Waals surface area contributed by atoms with Crippen molar-refractivity contribution in [2.24, 2.45) is 7.05 Å². The molecule has 1 N–H and O–H groups in total. The molecule has 2 heterocycles. The van der Waals surface area contributed by atoms with Crippen LogP contribution in [0.1, 0.15) is 33.7 Å². The molecule has 1 aliphatic rings. The molecule has 4 rings (SSSR count). The largest absolute Gasteiger partial charge is 0.433 e. The van der Waals surface area contributed by atoms with Gasteiger partial charge in [0.05, 0.1) is 5.69 Å². The first-order valence-electron chi connectivity index (χ1n) is 8.83. The maximum atomic E-state index is 12.9. The molecule has 0 bridgehead atoms. The molecule has 0 aliphatic heterocycles. The Balaban J connectivity index is 1.70. The van der Waals surface area contributed by atoms with Crippen LogP contribution in [0.2, 0.25) is 0 Å². The van der Waals surface area contributed by atoms with Gasteiger partial charge in [0.2, 0.25) is 0 Å². The van der Waals surface area contributed by atoms with Crippen molar-refractivity contribution < 1.29 is 18.0 Å². The van der Waals surface area contributed by atoms with E-state index in [0.29, 0.717) is 6.42 Å². The van der Waals surface area contributed by atoms with Gasteiger partial charge in [-0.3, -0.25) is 14.5 Å². The fraction of sp³-hybridized carbons (Fsp3) is 0.250. The zero-order valence-corrected chi connectivity index (χ0v) is 15.0. The molecule has 144 valence electrons. The molecule has 3 aromatic rings. The molecular formula is C20H17F3N4O. The van der Waals surface area contributed by atoms with Crippen LogP contribution in [0.5, 0.6) is 0 Å². The van der Waals surface area contributed by atoms with Crippen LogP contribution in [0.25, 0.3) is 11.3 Å². The van der Waals surface area contributed by atoms with Gasteiger partial charge in [-0.25, -0.2) is 0 Å². The highest BCUT2D eigenvalue weighted by Crippen LogP contribution is 2.34. The predicted octanol–water partition coefficient (Wildman–Crippen LogP) is 4.24. The summed E-state index contributed by atoms with van der Waals surface area (Å²) in [5.41, 5.74) is 3.13. The molecule has 2 aromatic heterocycles. The third-order valence-electron chi connectivity index (χ3n) is 4.81. The summed E-state index contributed by atoms with van der Waals surface area (Å²) >= 11 is 0. The van der Waals surface area contributed by atoms with Crippen molar-refractivity contribution in [2.75, 3.05) is 5.32 Å². The summed E-state index contributed by atoms with van der Waals surface area (Å²) in [6, 6.07) is 10.1. The molecule has 28 heavy (non-hydrogen) atoms. The van der Waals surface area contributed by atoms with Crippen molar-refractivity contribution in [2.45, 2.75) is 25.4 Å². The molecule has 1 aromatic carbocycles. The zero-order valence-electron chi connectivity index (χ0n) is 15.0. The van der Waals surface area contributed by atoms with Gasteiger partial charge in [-0.1, -0.05) is 24.3 Å². The zero-order chi connectivity index (χ0) is 19.9. The number of alkyl halides is 3. The van der Waals surface area contributed by atoms with Gasteiger partial charge in [0.25, 0.3) is 5.91 Å². The van der Waals surface area contributed by atoms with Crippen LogP contribution in [0, 0.1) is 0 Å². The second kappa shape index (κ2) is 6.78. The minimum atomic E-state index is -4.58. The Kier molecular flexibility index (Phi) is 4.41. The van der Waals surface area contributed by atoms with Gasteiger partial charge in [0.1, 0.15) is 5.69 Å². The van der Waals surface area contributed by atoms with Gasteiger partial charge in [-0.2, -0.15) is 18.3 Å². The third kappa shape index (κ3) is 3.26. The molecule has 0 fully saturated rings. The molecule has 8 heteroatoms. The summed E-state index contributed by atoms with van der Waals surface area (Å²) in [7, 11) is 1.77. The highest BCUT2D eigenvalue weighted by atomic mass is 19.4. The van der Waals surface area contributed by atoms with Crippen LogP contribution in [0.3, 0.4) is 0 Å². The van der Waals surface area contributed by atoms with Crippen LogP contribution < -0.4 is 5.32 Å². The topological polar surface area (TPSA) is 59.8 Å². The fourth-order valence-electron chi connectivity index (χ4n) is 3.60. The number of halogens is 3. The lowest BCUT2D eigenvalue weighted by molar-refractivity contribution is -0.141. The Morgan fingerprint density at radius 3 is 2.75 bits per heavy atom. The summed E-state index contributed by atoms with van der Waals surface area (Å²) in [4.78, 5) is 16.1. The van der Waals surface area contributed by atoms with Crippen molar-refractivity contribution in [3.05, 3.63) is 65.1 Å². The Morgan fingerprint density at radius 2 is 1.96 bits per heavy atom. The third-order valence-corrected chi connectivity index (χ3v) is 4.81. The molecule has 0 saturated heterocycles. The standard InChI is InChI=1S/C20H17F3N4O/c1-27-18-14-7-3-2-5-12(14)6-4-8-15(18)17(26-27)19(28)25-13-9-10-24-16(11-13)20(21,22)23/h2-3,5,7,9-11H,4,6,8H2,1H3,(H,24,25,28). The molecule has 0 unspecified atom stereocenters. The molecule has 1 aliphatic carbocycles. The van der Waals surface area contributed by atoms with Crippen molar-refractivity contribution in [1.82, 2.24) is 14.8 Å². The van der Waals surface area contributed by atoms with Crippen LogP contribution in [-0.4, -0.2) is 20.7 Å². The van der Waals surface area contributed by atoms with E-state index in [9.17, 15) is 18.0 Å². The minimum Gasteiger partial charge on any atom is -0.320 e.